The molecule has 0 amide bonds. The zero-order valence-electron chi connectivity index (χ0n) is 9.75. The highest BCUT2D eigenvalue weighted by atomic mass is 32.2. The zero-order valence-corrected chi connectivity index (χ0v) is 10.6. The van der Waals surface area contributed by atoms with Gasteiger partial charge in [-0.25, -0.2) is 13.1 Å². The van der Waals surface area contributed by atoms with E-state index in [0.29, 0.717) is 17.8 Å². The van der Waals surface area contributed by atoms with Gasteiger partial charge in [0.15, 0.2) is 0 Å². The van der Waals surface area contributed by atoms with Gasteiger partial charge in [0.1, 0.15) is 0 Å². The Morgan fingerprint density at radius 2 is 2.00 bits per heavy atom. The molecule has 1 aromatic carbocycles. The van der Waals surface area contributed by atoms with Gasteiger partial charge in [0.05, 0.1) is 10.6 Å². The molecule has 2 rings (SSSR count). The quantitative estimate of drug-likeness (QED) is 0.820. The summed E-state index contributed by atoms with van der Waals surface area (Å²) in [5, 5.41) is 3.70. The van der Waals surface area contributed by atoms with Gasteiger partial charge in [-0.15, -0.1) is 0 Å². The van der Waals surface area contributed by atoms with Gasteiger partial charge < -0.3 is 10.3 Å². The number of hydrogen-bond acceptors (Lipinski definition) is 5. The number of nitrogens with zero attached hydrogens (tertiary/aromatic N) is 1. The first-order valence-electron chi connectivity index (χ1n) is 5.35. The van der Waals surface area contributed by atoms with Crippen molar-refractivity contribution < 1.29 is 12.9 Å². The fourth-order valence-electron chi connectivity index (χ4n) is 1.36. The van der Waals surface area contributed by atoms with E-state index in [1.54, 1.807) is 6.07 Å². The molecule has 0 bridgehead atoms. The molecule has 1 heterocycles. The molecule has 0 saturated heterocycles. The lowest BCUT2D eigenvalue weighted by Gasteiger charge is -2.04. The maximum atomic E-state index is 12.0. The van der Waals surface area contributed by atoms with Crippen molar-refractivity contribution in [1.29, 1.82) is 0 Å². The van der Waals surface area contributed by atoms with Crippen LogP contribution in [0.3, 0.4) is 0 Å². The van der Waals surface area contributed by atoms with Crippen LogP contribution in [0.25, 0.3) is 0 Å². The molecule has 0 aliphatic heterocycles. The number of rotatable bonds is 4. The first-order valence-corrected chi connectivity index (χ1v) is 6.83. The summed E-state index contributed by atoms with van der Waals surface area (Å²) in [5.41, 5.74) is 6.69. The van der Waals surface area contributed by atoms with Crippen LogP contribution in [0.1, 0.15) is 12.6 Å². The molecule has 0 fully saturated rings. The average molecular weight is 267 g/mol. The maximum absolute atomic E-state index is 12.0. The molecule has 18 heavy (non-hydrogen) atoms. The van der Waals surface area contributed by atoms with Gasteiger partial charge in [0.25, 0.3) is 10.0 Å². The van der Waals surface area contributed by atoms with E-state index in [1.165, 1.54) is 24.3 Å². The summed E-state index contributed by atoms with van der Waals surface area (Å²) in [6, 6.07) is 7.44. The molecule has 0 radical (unpaired) electrons. The highest BCUT2D eigenvalue weighted by Crippen LogP contribution is 2.18. The fraction of sp³-hybridized carbons (Fsp3) is 0.182. The fourth-order valence-corrected chi connectivity index (χ4v) is 2.34. The molecule has 0 unspecified atom stereocenters. The molecule has 0 saturated carbocycles. The van der Waals surface area contributed by atoms with E-state index in [-0.39, 0.29) is 10.8 Å². The minimum atomic E-state index is -3.66. The molecular formula is C11H13N3O3S. The second-order valence-corrected chi connectivity index (χ2v) is 5.39. The highest BCUT2D eigenvalue weighted by molar-refractivity contribution is 7.92. The van der Waals surface area contributed by atoms with Crippen LogP contribution in [0.2, 0.25) is 0 Å². The molecule has 0 spiro atoms. The number of benzene rings is 1. The first kappa shape index (κ1) is 12.4. The third-order valence-corrected chi connectivity index (χ3v) is 3.71. The molecular weight excluding hydrogens is 254 g/mol. The zero-order chi connectivity index (χ0) is 13.2. The summed E-state index contributed by atoms with van der Waals surface area (Å²) >= 11 is 0. The molecule has 96 valence electrons. The lowest BCUT2D eigenvalue weighted by atomic mass is 10.3. The topological polar surface area (TPSA) is 98.2 Å². The molecule has 1 aromatic heterocycles. The standard InChI is InChI=1S/C11H13N3O3S/c1-2-9-7-11(17-13-9)14-18(15,16)10-5-3-8(12)4-6-10/h3-7,14H,2,12H2,1H3. The summed E-state index contributed by atoms with van der Waals surface area (Å²) in [7, 11) is -3.66. The van der Waals surface area contributed by atoms with Gasteiger partial charge in [0, 0.05) is 11.8 Å². The average Bonchev–Trinajstić information content (AvgIpc) is 2.76. The van der Waals surface area contributed by atoms with Crippen LogP contribution < -0.4 is 10.5 Å². The minimum Gasteiger partial charge on any atom is -0.399 e. The monoisotopic (exact) mass is 267 g/mol. The predicted octanol–water partition coefficient (Wildman–Crippen LogP) is 1.62. The lowest BCUT2D eigenvalue weighted by Crippen LogP contribution is -2.12. The number of anilines is 2. The first-order chi connectivity index (χ1) is 8.51. The van der Waals surface area contributed by atoms with Crippen LogP contribution in [0, 0.1) is 0 Å². The van der Waals surface area contributed by atoms with Crippen LogP contribution in [0.15, 0.2) is 39.8 Å². The van der Waals surface area contributed by atoms with Gasteiger partial charge in [-0.1, -0.05) is 12.1 Å². The van der Waals surface area contributed by atoms with Crippen LogP contribution in [0.4, 0.5) is 11.6 Å². The predicted molar refractivity (Wildman–Crippen MR) is 67.5 cm³/mol. The summed E-state index contributed by atoms with van der Waals surface area (Å²) in [6.07, 6.45) is 0.674. The Morgan fingerprint density at radius 1 is 1.33 bits per heavy atom. The van der Waals surface area contributed by atoms with Gasteiger partial charge in [-0.3, -0.25) is 0 Å². The minimum absolute atomic E-state index is 0.101. The van der Waals surface area contributed by atoms with Crippen molar-refractivity contribution in [2.24, 2.45) is 0 Å². The third-order valence-electron chi connectivity index (χ3n) is 2.35. The molecule has 0 atom stereocenters. The molecule has 3 N–H and O–H groups in total. The summed E-state index contributed by atoms with van der Waals surface area (Å²) in [6.45, 7) is 1.90. The van der Waals surface area contributed by atoms with E-state index >= 15 is 0 Å². The Bertz CT molecular complexity index is 632. The van der Waals surface area contributed by atoms with Gasteiger partial charge in [-0.05, 0) is 30.7 Å². The van der Waals surface area contributed by atoms with E-state index in [2.05, 4.69) is 9.88 Å². The summed E-state index contributed by atoms with van der Waals surface area (Å²) < 4.78 is 31.1. The number of nitrogen functional groups attached to an aromatic ring is 1. The number of nitrogens with two attached hydrogens (primary N) is 1. The third kappa shape index (κ3) is 2.62. The van der Waals surface area contributed by atoms with E-state index in [9.17, 15) is 8.42 Å². The maximum Gasteiger partial charge on any atom is 0.264 e. The van der Waals surface area contributed by atoms with Crippen molar-refractivity contribution in [2.75, 3.05) is 10.5 Å². The molecule has 6 nitrogen and oxygen atoms in total. The largest absolute Gasteiger partial charge is 0.399 e. The summed E-state index contributed by atoms with van der Waals surface area (Å²) in [4.78, 5) is 0.117. The molecule has 7 heteroatoms. The number of aryl methyl sites for hydroxylation is 1. The smallest absolute Gasteiger partial charge is 0.264 e. The number of hydrogen-bond donors (Lipinski definition) is 2. The van der Waals surface area contributed by atoms with Crippen molar-refractivity contribution in [2.45, 2.75) is 18.2 Å². The molecule has 0 aliphatic carbocycles. The summed E-state index contributed by atoms with van der Waals surface area (Å²) in [5.74, 6) is 0.101. The second-order valence-electron chi connectivity index (χ2n) is 3.71. The van der Waals surface area contributed by atoms with Crippen molar-refractivity contribution in [3.05, 3.63) is 36.0 Å². The second kappa shape index (κ2) is 4.69. The number of aromatic nitrogens is 1. The van der Waals surface area contributed by atoms with Crippen molar-refractivity contribution in [1.82, 2.24) is 5.16 Å². The molecule has 2 aromatic rings. The van der Waals surface area contributed by atoms with Crippen LogP contribution in [-0.2, 0) is 16.4 Å². The van der Waals surface area contributed by atoms with Crippen LogP contribution >= 0.6 is 0 Å². The Hall–Kier alpha value is -2.02. The Morgan fingerprint density at radius 3 is 2.56 bits per heavy atom. The number of sulfonamides is 1. The van der Waals surface area contributed by atoms with E-state index in [0.717, 1.165) is 0 Å². The van der Waals surface area contributed by atoms with E-state index < -0.39 is 10.0 Å². The SMILES string of the molecule is CCc1cc(NS(=O)(=O)c2ccc(N)cc2)on1. The van der Waals surface area contributed by atoms with Gasteiger partial charge in [0.2, 0.25) is 5.88 Å². The Balaban J connectivity index is 2.24. The van der Waals surface area contributed by atoms with Gasteiger partial charge >= 0.3 is 0 Å². The van der Waals surface area contributed by atoms with Gasteiger partial charge in [-0.2, -0.15) is 0 Å². The highest BCUT2D eigenvalue weighted by Gasteiger charge is 2.16. The van der Waals surface area contributed by atoms with Crippen molar-refractivity contribution in [3.63, 3.8) is 0 Å². The molecule has 0 aliphatic rings. The van der Waals surface area contributed by atoms with E-state index in [1.807, 2.05) is 6.92 Å². The van der Waals surface area contributed by atoms with Crippen molar-refractivity contribution >= 4 is 21.6 Å². The lowest BCUT2D eigenvalue weighted by molar-refractivity contribution is 0.427. The Labute approximate surface area is 105 Å². The van der Waals surface area contributed by atoms with Crippen LogP contribution in [0.5, 0.6) is 0 Å². The number of nitrogens with one attached hydrogen (secondary N) is 1. The van der Waals surface area contributed by atoms with Crippen LogP contribution in [-0.4, -0.2) is 13.6 Å². The van der Waals surface area contributed by atoms with Crippen molar-refractivity contribution in [3.8, 4) is 0 Å². The van der Waals surface area contributed by atoms with E-state index in [4.69, 9.17) is 10.3 Å². The Kier molecular flexibility index (Phi) is 3.24. The normalized spacial score (nSPS) is 11.4.